The molecule has 84 valence electrons. The van der Waals surface area contributed by atoms with Gasteiger partial charge in [-0.1, -0.05) is 6.07 Å². The van der Waals surface area contributed by atoms with Crippen LogP contribution < -0.4 is 16.4 Å². The van der Waals surface area contributed by atoms with Crippen LogP contribution in [0.2, 0.25) is 0 Å². The lowest BCUT2D eigenvalue weighted by Crippen LogP contribution is -2.22. The average Bonchev–Trinajstić information content (AvgIpc) is 2.74. The minimum atomic E-state index is -0.181. The van der Waals surface area contributed by atoms with E-state index in [9.17, 15) is 0 Å². The molecule has 4 heteroatoms. The number of nitrogens with two attached hydrogens (primary N) is 1. The molecule has 0 fully saturated rings. The summed E-state index contributed by atoms with van der Waals surface area (Å²) in [5.74, 6) is 0. The average molecular weight is 224 g/mol. The maximum Gasteiger partial charge on any atom is 0.168 e. The molecule has 0 amide bonds. The Kier molecular flexibility index (Phi) is 2.14. The number of nitrogens with zero attached hydrogens (tertiary/aromatic N) is 3. The number of hydrogen-bond donors (Lipinski definition) is 1. The summed E-state index contributed by atoms with van der Waals surface area (Å²) in [4.78, 5) is 13.2. The molecule has 1 aliphatic heterocycles. The highest BCUT2D eigenvalue weighted by atomic mass is 15.0. The first-order valence-corrected chi connectivity index (χ1v) is 5.46. The Morgan fingerprint density at radius 3 is 2.65 bits per heavy atom. The monoisotopic (exact) mass is 224 g/mol. The van der Waals surface area contributed by atoms with Gasteiger partial charge < -0.3 is 5.73 Å². The molecule has 1 aromatic carbocycles. The van der Waals surface area contributed by atoms with Crippen molar-refractivity contribution in [2.24, 2.45) is 9.98 Å². The lowest BCUT2D eigenvalue weighted by Gasteiger charge is -2.01. The quantitative estimate of drug-likeness (QED) is 0.732. The second kappa shape index (κ2) is 3.66. The third kappa shape index (κ3) is 1.67. The van der Waals surface area contributed by atoms with Gasteiger partial charge in [0.1, 0.15) is 0 Å². The van der Waals surface area contributed by atoms with Gasteiger partial charge in [-0.2, -0.15) is 0 Å². The standard InChI is InChI=1S/C13H12N4/c1-8-5-11-12(6-10(8)14)17-13(16-11)9-3-2-4-15-7-9/h2-7,13H,14H2,1H3. The van der Waals surface area contributed by atoms with E-state index < -0.39 is 0 Å². The molecule has 0 aliphatic carbocycles. The molecule has 2 aromatic rings. The molecule has 1 atom stereocenters. The molecular formula is C13H12N4. The van der Waals surface area contributed by atoms with Crippen LogP contribution in [0.1, 0.15) is 17.3 Å². The number of aromatic nitrogens is 1. The van der Waals surface area contributed by atoms with Gasteiger partial charge in [-0.15, -0.1) is 0 Å². The fraction of sp³-hybridized carbons (Fsp3) is 0.154. The minimum absolute atomic E-state index is 0.181. The van der Waals surface area contributed by atoms with Gasteiger partial charge in [-0.3, -0.25) is 15.0 Å². The van der Waals surface area contributed by atoms with Gasteiger partial charge in [0.25, 0.3) is 0 Å². The van der Waals surface area contributed by atoms with Crippen LogP contribution in [-0.4, -0.2) is 4.98 Å². The van der Waals surface area contributed by atoms with Crippen molar-refractivity contribution in [1.29, 1.82) is 0 Å². The predicted molar refractivity (Wildman–Crippen MR) is 64.9 cm³/mol. The predicted octanol–water partition coefficient (Wildman–Crippen LogP) is 0.924. The van der Waals surface area contributed by atoms with Crippen LogP contribution in [0.4, 0.5) is 5.69 Å². The van der Waals surface area contributed by atoms with E-state index >= 15 is 0 Å². The molecule has 1 unspecified atom stereocenters. The Morgan fingerprint density at radius 1 is 1.18 bits per heavy atom. The number of nitrogen functional groups attached to an aromatic ring is 1. The van der Waals surface area contributed by atoms with E-state index in [1.807, 2.05) is 31.2 Å². The molecule has 1 aliphatic rings. The Balaban J connectivity index is 2.13. The van der Waals surface area contributed by atoms with Crippen molar-refractivity contribution in [3.63, 3.8) is 0 Å². The number of fused-ring (bicyclic) bond motifs is 1. The Morgan fingerprint density at radius 2 is 1.94 bits per heavy atom. The molecule has 4 nitrogen and oxygen atoms in total. The second-order valence-corrected chi connectivity index (χ2v) is 4.12. The number of aryl methyl sites for hydroxylation is 1. The zero-order chi connectivity index (χ0) is 11.8. The summed E-state index contributed by atoms with van der Waals surface area (Å²) in [6, 6.07) is 7.73. The van der Waals surface area contributed by atoms with E-state index in [-0.39, 0.29) is 6.17 Å². The number of pyridine rings is 1. The summed E-state index contributed by atoms with van der Waals surface area (Å²) >= 11 is 0. The molecule has 1 aromatic heterocycles. The smallest absolute Gasteiger partial charge is 0.168 e. The van der Waals surface area contributed by atoms with Crippen molar-refractivity contribution in [1.82, 2.24) is 4.98 Å². The van der Waals surface area contributed by atoms with E-state index in [4.69, 9.17) is 5.73 Å². The van der Waals surface area contributed by atoms with Crippen LogP contribution in [-0.2, 0) is 0 Å². The maximum atomic E-state index is 5.86. The Hall–Kier alpha value is -2.23. The van der Waals surface area contributed by atoms with E-state index in [1.165, 1.54) is 0 Å². The zero-order valence-corrected chi connectivity index (χ0v) is 9.46. The van der Waals surface area contributed by atoms with E-state index in [2.05, 4.69) is 15.0 Å². The fourth-order valence-electron chi connectivity index (χ4n) is 1.87. The van der Waals surface area contributed by atoms with Crippen molar-refractivity contribution in [3.05, 3.63) is 58.5 Å². The first-order valence-electron chi connectivity index (χ1n) is 5.46. The summed E-state index contributed by atoms with van der Waals surface area (Å²) in [5, 5.41) is 1.77. The molecule has 2 heterocycles. The molecule has 0 spiro atoms. The van der Waals surface area contributed by atoms with Crippen LogP contribution in [0.15, 0.2) is 46.6 Å². The van der Waals surface area contributed by atoms with Crippen molar-refractivity contribution < 1.29 is 0 Å². The number of benzene rings is 1. The summed E-state index contributed by atoms with van der Waals surface area (Å²) in [6.07, 6.45) is 3.35. The molecule has 0 saturated heterocycles. The SMILES string of the molecule is Cc1cc2c(cc1N)=NC(c1cccnc1)N=2. The lowest BCUT2D eigenvalue weighted by atomic mass is 10.2. The number of rotatable bonds is 1. The molecule has 0 saturated carbocycles. The van der Waals surface area contributed by atoms with Crippen molar-refractivity contribution >= 4 is 5.69 Å². The first-order chi connectivity index (χ1) is 8.24. The van der Waals surface area contributed by atoms with E-state index in [0.29, 0.717) is 0 Å². The lowest BCUT2D eigenvalue weighted by molar-refractivity contribution is 0.766. The zero-order valence-electron chi connectivity index (χ0n) is 9.46. The molecule has 2 N–H and O–H groups in total. The maximum absolute atomic E-state index is 5.86. The molecule has 0 radical (unpaired) electrons. The van der Waals surface area contributed by atoms with Crippen molar-refractivity contribution in [2.45, 2.75) is 13.1 Å². The van der Waals surface area contributed by atoms with Crippen LogP contribution >= 0.6 is 0 Å². The third-order valence-corrected chi connectivity index (χ3v) is 2.87. The first kappa shape index (κ1) is 9.96. The van der Waals surface area contributed by atoms with Gasteiger partial charge in [0.05, 0.1) is 10.7 Å². The molecule has 17 heavy (non-hydrogen) atoms. The second-order valence-electron chi connectivity index (χ2n) is 4.12. The van der Waals surface area contributed by atoms with Crippen LogP contribution in [0.3, 0.4) is 0 Å². The number of anilines is 1. The summed E-state index contributed by atoms with van der Waals surface area (Å²) in [6.45, 7) is 1.97. The highest BCUT2D eigenvalue weighted by Crippen LogP contribution is 2.18. The summed E-state index contributed by atoms with van der Waals surface area (Å²) in [7, 11) is 0. The largest absolute Gasteiger partial charge is 0.398 e. The summed E-state index contributed by atoms with van der Waals surface area (Å²) in [5.41, 5.74) is 8.66. The summed E-state index contributed by atoms with van der Waals surface area (Å²) < 4.78 is 0. The van der Waals surface area contributed by atoms with Crippen LogP contribution in [0, 0.1) is 6.92 Å². The Bertz CT molecular complexity index is 636. The van der Waals surface area contributed by atoms with E-state index in [1.54, 1.807) is 12.4 Å². The minimum Gasteiger partial charge on any atom is -0.398 e. The highest BCUT2D eigenvalue weighted by Gasteiger charge is 2.13. The van der Waals surface area contributed by atoms with Crippen molar-refractivity contribution in [2.75, 3.05) is 5.73 Å². The molecule has 0 bridgehead atoms. The van der Waals surface area contributed by atoms with Gasteiger partial charge in [-0.25, -0.2) is 0 Å². The van der Waals surface area contributed by atoms with Crippen molar-refractivity contribution in [3.8, 4) is 0 Å². The van der Waals surface area contributed by atoms with Crippen LogP contribution in [0.25, 0.3) is 0 Å². The van der Waals surface area contributed by atoms with Gasteiger partial charge >= 0.3 is 0 Å². The van der Waals surface area contributed by atoms with Gasteiger partial charge in [0.2, 0.25) is 0 Å². The normalized spacial score (nSPS) is 17.1. The molecule has 3 rings (SSSR count). The number of hydrogen-bond acceptors (Lipinski definition) is 4. The fourth-order valence-corrected chi connectivity index (χ4v) is 1.87. The van der Waals surface area contributed by atoms with E-state index in [0.717, 1.165) is 27.5 Å². The van der Waals surface area contributed by atoms with Gasteiger partial charge in [-0.05, 0) is 30.7 Å². The molecular weight excluding hydrogens is 212 g/mol. The van der Waals surface area contributed by atoms with Crippen LogP contribution in [0.5, 0.6) is 0 Å². The third-order valence-electron chi connectivity index (χ3n) is 2.87. The van der Waals surface area contributed by atoms with Gasteiger partial charge in [0, 0.05) is 23.6 Å². The highest BCUT2D eigenvalue weighted by molar-refractivity contribution is 5.45. The Labute approximate surface area is 98.6 Å². The van der Waals surface area contributed by atoms with Gasteiger partial charge in [0.15, 0.2) is 6.17 Å². The topological polar surface area (TPSA) is 63.6 Å².